The molecule has 1 atom stereocenters. The Kier molecular flexibility index (Phi) is 3.78. The second kappa shape index (κ2) is 5.31. The minimum Gasteiger partial charge on any atom is -0.354 e. The number of hydrogen-bond acceptors (Lipinski definition) is 3. The highest BCUT2D eigenvalue weighted by atomic mass is 16.2. The largest absolute Gasteiger partial charge is 0.354 e. The molecule has 1 amide bonds. The van der Waals surface area contributed by atoms with E-state index >= 15 is 0 Å². The molecule has 1 saturated carbocycles. The molecule has 1 aromatic rings. The molecular weight excluding hydrogens is 216 g/mol. The van der Waals surface area contributed by atoms with E-state index in [1.165, 1.54) is 0 Å². The van der Waals surface area contributed by atoms with E-state index in [4.69, 9.17) is 5.73 Å². The summed E-state index contributed by atoms with van der Waals surface area (Å²) in [6.45, 7) is 3.44. The Morgan fingerprint density at radius 1 is 1.71 bits per heavy atom. The lowest BCUT2D eigenvalue weighted by molar-refractivity contribution is -0.122. The third-order valence-corrected chi connectivity index (χ3v) is 3.16. The van der Waals surface area contributed by atoms with Gasteiger partial charge in [0.25, 0.3) is 0 Å². The number of carbonyl (C=O) groups excluding carboxylic acids is 1. The molecule has 0 saturated heterocycles. The zero-order chi connectivity index (χ0) is 12.3. The predicted octanol–water partition coefficient (Wildman–Crippen LogP) is 0.819. The zero-order valence-electron chi connectivity index (χ0n) is 10.2. The molecule has 1 aliphatic carbocycles. The number of nitrogens with one attached hydrogen (secondary N) is 1. The number of hydrogen-bond donors (Lipinski definition) is 2. The third kappa shape index (κ3) is 3.06. The highest BCUT2D eigenvalue weighted by molar-refractivity contribution is 5.80. The Hall–Kier alpha value is -1.36. The summed E-state index contributed by atoms with van der Waals surface area (Å²) in [6, 6.07) is 0.0247. The van der Waals surface area contributed by atoms with Crippen LogP contribution in [-0.4, -0.2) is 22.0 Å². The number of nitrogens with two attached hydrogens (primary N) is 1. The first-order chi connectivity index (χ1) is 8.22. The van der Waals surface area contributed by atoms with Crippen molar-refractivity contribution in [3.63, 3.8) is 0 Å². The predicted molar refractivity (Wildman–Crippen MR) is 65.2 cm³/mol. The first kappa shape index (κ1) is 12.1. The van der Waals surface area contributed by atoms with Gasteiger partial charge in [-0.15, -0.1) is 0 Å². The number of aromatic nitrogens is 2. The topological polar surface area (TPSA) is 72.9 Å². The summed E-state index contributed by atoms with van der Waals surface area (Å²) in [7, 11) is 0. The zero-order valence-corrected chi connectivity index (χ0v) is 10.2. The van der Waals surface area contributed by atoms with Gasteiger partial charge in [0.1, 0.15) is 0 Å². The fourth-order valence-corrected chi connectivity index (χ4v) is 1.83. The fraction of sp³-hybridized carbons (Fsp3) is 0.667. The number of carbonyl (C=O) groups is 1. The standard InChI is InChI=1S/C12H20N4O/c1-2-10(13)11-7-14-8-16(11)6-5-15-12(17)9-3-4-9/h7-10H,2-6,13H2,1H3,(H,15,17)/t10-/m1/s1. The van der Waals surface area contributed by atoms with Gasteiger partial charge in [0.2, 0.25) is 5.91 Å². The smallest absolute Gasteiger partial charge is 0.223 e. The van der Waals surface area contributed by atoms with Crippen molar-refractivity contribution in [3.05, 3.63) is 18.2 Å². The molecule has 5 nitrogen and oxygen atoms in total. The maximum absolute atomic E-state index is 11.4. The Balaban J connectivity index is 1.81. The third-order valence-electron chi connectivity index (χ3n) is 3.16. The maximum Gasteiger partial charge on any atom is 0.223 e. The van der Waals surface area contributed by atoms with E-state index < -0.39 is 0 Å². The van der Waals surface area contributed by atoms with Gasteiger partial charge < -0.3 is 15.6 Å². The van der Waals surface area contributed by atoms with Gasteiger partial charge in [-0.2, -0.15) is 0 Å². The van der Waals surface area contributed by atoms with Crippen LogP contribution in [0.1, 0.15) is 37.9 Å². The first-order valence-corrected chi connectivity index (χ1v) is 6.25. The van der Waals surface area contributed by atoms with Gasteiger partial charge in [0.05, 0.1) is 12.0 Å². The lowest BCUT2D eigenvalue weighted by atomic mass is 10.2. The summed E-state index contributed by atoms with van der Waals surface area (Å²) in [4.78, 5) is 15.6. The summed E-state index contributed by atoms with van der Waals surface area (Å²) in [5.41, 5.74) is 7.02. The molecule has 1 fully saturated rings. The molecule has 1 heterocycles. The van der Waals surface area contributed by atoms with Crippen LogP contribution >= 0.6 is 0 Å². The van der Waals surface area contributed by atoms with Gasteiger partial charge in [0, 0.05) is 31.2 Å². The summed E-state index contributed by atoms with van der Waals surface area (Å²) in [6.07, 6.45) is 6.55. The van der Waals surface area contributed by atoms with Crippen molar-refractivity contribution in [3.8, 4) is 0 Å². The van der Waals surface area contributed by atoms with Crippen molar-refractivity contribution in [1.82, 2.24) is 14.9 Å². The molecule has 1 aromatic heterocycles. The second-order valence-electron chi connectivity index (χ2n) is 4.59. The Bertz CT molecular complexity index is 384. The summed E-state index contributed by atoms with van der Waals surface area (Å²) in [5.74, 6) is 0.460. The monoisotopic (exact) mass is 236 g/mol. The highest BCUT2D eigenvalue weighted by Crippen LogP contribution is 2.28. The van der Waals surface area contributed by atoms with Crippen LogP contribution < -0.4 is 11.1 Å². The molecule has 0 radical (unpaired) electrons. The molecule has 1 aliphatic rings. The molecule has 0 unspecified atom stereocenters. The SMILES string of the molecule is CC[C@@H](N)c1cncn1CCNC(=O)C1CC1. The maximum atomic E-state index is 11.4. The molecular formula is C12H20N4O. The van der Waals surface area contributed by atoms with E-state index in [-0.39, 0.29) is 17.9 Å². The van der Waals surface area contributed by atoms with Crippen LogP contribution in [0.3, 0.4) is 0 Å². The van der Waals surface area contributed by atoms with Gasteiger partial charge in [0.15, 0.2) is 0 Å². The number of amides is 1. The average molecular weight is 236 g/mol. The van der Waals surface area contributed by atoms with Crippen molar-refractivity contribution in [1.29, 1.82) is 0 Å². The normalized spacial score (nSPS) is 16.8. The van der Waals surface area contributed by atoms with E-state index in [0.29, 0.717) is 6.54 Å². The van der Waals surface area contributed by atoms with Gasteiger partial charge in [-0.25, -0.2) is 4.98 Å². The summed E-state index contributed by atoms with van der Waals surface area (Å²) < 4.78 is 2.02. The van der Waals surface area contributed by atoms with Gasteiger partial charge in [-0.05, 0) is 19.3 Å². The molecule has 2 rings (SSSR count). The van der Waals surface area contributed by atoms with E-state index in [2.05, 4.69) is 17.2 Å². The molecule has 3 N–H and O–H groups in total. The van der Waals surface area contributed by atoms with Crippen LogP contribution in [-0.2, 0) is 11.3 Å². The van der Waals surface area contributed by atoms with Crippen LogP contribution in [0, 0.1) is 5.92 Å². The van der Waals surface area contributed by atoms with Crippen LogP contribution in [0.15, 0.2) is 12.5 Å². The van der Waals surface area contributed by atoms with Gasteiger partial charge in [-0.1, -0.05) is 6.92 Å². The molecule has 0 bridgehead atoms. The van der Waals surface area contributed by atoms with E-state index in [9.17, 15) is 4.79 Å². The Morgan fingerprint density at radius 3 is 3.12 bits per heavy atom. The summed E-state index contributed by atoms with van der Waals surface area (Å²) in [5, 5.41) is 2.94. The van der Waals surface area contributed by atoms with Crippen molar-refractivity contribution in [2.24, 2.45) is 11.7 Å². The van der Waals surface area contributed by atoms with Crippen molar-refractivity contribution >= 4 is 5.91 Å². The highest BCUT2D eigenvalue weighted by Gasteiger charge is 2.29. The lowest BCUT2D eigenvalue weighted by Gasteiger charge is -2.13. The average Bonchev–Trinajstić information content (AvgIpc) is 3.08. The van der Waals surface area contributed by atoms with Crippen LogP contribution in [0.25, 0.3) is 0 Å². The number of rotatable bonds is 6. The quantitative estimate of drug-likeness (QED) is 0.768. The summed E-state index contributed by atoms with van der Waals surface area (Å²) >= 11 is 0. The molecule has 0 aromatic carbocycles. The lowest BCUT2D eigenvalue weighted by Crippen LogP contribution is -2.29. The number of imidazole rings is 1. The Labute approximate surface area is 101 Å². The second-order valence-corrected chi connectivity index (χ2v) is 4.59. The molecule has 5 heteroatoms. The molecule has 0 spiro atoms. The van der Waals surface area contributed by atoms with Crippen LogP contribution in [0.5, 0.6) is 0 Å². The van der Waals surface area contributed by atoms with Gasteiger partial charge in [-0.3, -0.25) is 4.79 Å². The van der Waals surface area contributed by atoms with Crippen molar-refractivity contribution < 1.29 is 4.79 Å². The van der Waals surface area contributed by atoms with E-state index in [0.717, 1.165) is 31.5 Å². The molecule has 0 aliphatic heterocycles. The van der Waals surface area contributed by atoms with Crippen molar-refractivity contribution in [2.75, 3.05) is 6.54 Å². The van der Waals surface area contributed by atoms with E-state index in [1.807, 2.05) is 4.57 Å². The molecule has 94 valence electrons. The van der Waals surface area contributed by atoms with Crippen LogP contribution in [0.2, 0.25) is 0 Å². The Morgan fingerprint density at radius 2 is 2.47 bits per heavy atom. The minimum atomic E-state index is 0.0247. The van der Waals surface area contributed by atoms with E-state index in [1.54, 1.807) is 12.5 Å². The van der Waals surface area contributed by atoms with Gasteiger partial charge >= 0.3 is 0 Å². The number of nitrogens with zero attached hydrogens (tertiary/aromatic N) is 2. The first-order valence-electron chi connectivity index (χ1n) is 6.25. The van der Waals surface area contributed by atoms with Crippen LogP contribution in [0.4, 0.5) is 0 Å². The van der Waals surface area contributed by atoms with Crippen molar-refractivity contribution in [2.45, 2.75) is 38.8 Å². The molecule has 17 heavy (non-hydrogen) atoms. The fourth-order valence-electron chi connectivity index (χ4n) is 1.83. The minimum absolute atomic E-state index is 0.0247.